The SMILES string of the molecule is Cl.NCC1CNC/C1=N\OCc1ccccc1. The van der Waals surface area contributed by atoms with Gasteiger partial charge in [-0.05, 0) is 5.56 Å². The van der Waals surface area contributed by atoms with Crippen molar-refractivity contribution in [2.45, 2.75) is 6.61 Å². The van der Waals surface area contributed by atoms with E-state index in [1.807, 2.05) is 30.3 Å². The third kappa shape index (κ3) is 4.00. The lowest BCUT2D eigenvalue weighted by molar-refractivity contribution is 0.129. The van der Waals surface area contributed by atoms with Crippen molar-refractivity contribution >= 4 is 18.1 Å². The number of nitrogens with zero attached hydrogens (tertiary/aromatic N) is 1. The zero-order chi connectivity index (χ0) is 11.2. The lowest BCUT2D eigenvalue weighted by Crippen LogP contribution is -2.22. The Balaban J connectivity index is 0.00000144. The monoisotopic (exact) mass is 255 g/mol. The molecule has 1 aromatic rings. The van der Waals surface area contributed by atoms with Crippen molar-refractivity contribution in [3.05, 3.63) is 35.9 Å². The highest BCUT2D eigenvalue weighted by atomic mass is 35.5. The highest BCUT2D eigenvalue weighted by Crippen LogP contribution is 2.06. The van der Waals surface area contributed by atoms with Gasteiger partial charge < -0.3 is 15.9 Å². The second kappa shape index (κ2) is 7.27. The molecule has 0 aliphatic carbocycles. The van der Waals surface area contributed by atoms with E-state index < -0.39 is 0 Å². The average Bonchev–Trinajstić information content (AvgIpc) is 2.78. The van der Waals surface area contributed by atoms with Crippen molar-refractivity contribution in [3.8, 4) is 0 Å². The summed E-state index contributed by atoms with van der Waals surface area (Å²) in [5.74, 6) is 0.329. The molecule has 1 atom stereocenters. The van der Waals surface area contributed by atoms with Crippen molar-refractivity contribution in [3.63, 3.8) is 0 Å². The molecule has 0 saturated carbocycles. The van der Waals surface area contributed by atoms with Gasteiger partial charge in [0, 0.05) is 25.6 Å². The molecular weight excluding hydrogens is 238 g/mol. The number of benzene rings is 1. The summed E-state index contributed by atoms with van der Waals surface area (Å²) in [7, 11) is 0. The number of rotatable bonds is 4. The van der Waals surface area contributed by atoms with Crippen LogP contribution in [-0.4, -0.2) is 25.3 Å². The first-order chi connectivity index (χ1) is 7.90. The molecule has 3 N–H and O–H groups in total. The summed E-state index contributed by atoms with van der Waals surface area (Å²) < 4.78 is 0. The number of hydrogen-bond donors (Lipinski definition) is 2. The van der Waals surface area contributed by atoms with E-state index in [2.05, 4.69) is 10.5 Å². The maximum absolute atomic E-state index is 5.63. The molecule has 1 aromatic carbocycles. The summed E-state index contributed by atoms with van der Waals surface area (Å²) in [6.07, 6.45) is 0. The van der Waals surface area contributed by atoms with Crippen LogP contribution in [0.1, 0.15) is 5.56 Å². The van der Waals surface area contributed by atoms with Gasteiger partial charge in [-0.15, -0.1) is 12.4 Å². The smallest absolute Gasteiger partial charge is 0.142 e. The summed E-state index contributed by atoms with van der Waals surface area (Å²) in [6, 6.07) is 10.0. The molecule has 1 aliphatic rings. The number of halogens is 1. The first-order valence-corrected chi connectivity index (χ1v) is 5.53. The quantitative estimate of drug-likeness (QED) is 0.794. The predicted octanol–water partition coefficient (Wildman–Crippen LogP) is 1.16. The van der Waals surface area contributed by atoms with Crippen LogP contribution in [0, 0.1) is 5.92 Å². The Bertz CT molecular complexity index is 356. The van der Waals surface area contributed by atoms with E-state index in [4.69, 9.17) is 10.6 Å². The van der Waals surface area contributed by atoms with E-state index in [1.165, 1.54) is 0 Å². The van der Waals surface area contributed by atoms with Gasteiger partial charge in [0.05, 0.1) is 5.71 Å². The van der Waals surface area contributed by atoms with Crippen LogP contribution >= 0.6 is 12.4 Å². The van der Waals surface area contributed by atoms with E-state index >= 15 is 0 Å². The Morgan fingerprint density at radius 1 is 1.35 bits per heavy atom. The highest BCUT2D eigenvalue weighted by Gasteiger charge is 2.21. The minimum absolute atomic E-state index is 0. The molecule has 1 fully saturated rings. The molecule has 0 radical (unpaired) electrons. The van der Waals surface area contributed by atoms with Gasteiger partial charge in [-0.1, -0.05) is 35.5 Å². The number of hydrogen-bond acceptors (Lipinski definition) is 4. The van der Waals surface area contributed by atoms with Gasteiger partial charge in [-0.25, -0.2) is 0 Å². The highest BCUT2D eigenvalue weighted by molar-refractivity contribution is 5.90. The standard InChI is InChI=1S/C12H17N3O.ClH/c13-6-11-7-14-8-12(11)15-16-9-10-4-2-1-3-5-10;/h1-5,11,14H,6-9,13H2;1H/b15-12+;. The Kier molecular flexibility index (Phi) is 5.97. The van der Waals surface area contributed by atoms with Crippen molar-refractivity contribution in [2.24, 2.45) is 16.8 Å². The third-order valence-electron chi connectivity index (χ3n) is 2.71. The molecular formula is C12H18ClN3O. The van der Waals surface area contributed by atoms with Crippen LogP contribution < -0.4 is 11.1 Å². The first kappa shape index (κ1) is 14.0. The van der Waals surface area contributed by atoms with Crippen LogP contribution in [0.2, 0.25) is 0 Å². The van der Waals surface area contributed by atoms with Crippen LogP contribution in [0.5, 0.6) is 0 Å². The molecule has 17 heavy (non-hydrogen) atoms. The second-order valence-corrected chi connectivity index (χ2v) is 3.91. The van der Waals surface area contributed by atoms with Gasteiger partial charge >= 0.3 is 0 Å². The average molecular weight is 256 g/mol. The maximum Gasteiger partial charge on any atom is 0.142 e. The molecule has 5 heteroatoms. The third-order valence-corrected chi connectivity index (χ3v) is 2.71. The maximum atomic E-state index is 5.63. The van der Waals surface area contributed by atoms with Crippen LogP contribution in [0.4, 0.5) is 0 Å². The van der Waals surface area contributed by atoms with Gasteiger partial charge in [-0.2, -0.15) is 0 Å². The summed E-state index contributed by atoms with van der Waals surface area (Å²) in [5.41, 5.74) is 7.78. The molecule has 94 valence electrons. The molecule has 0 bridgehead atoms. The molecule has 2 rings (SSSR count). The zero-order valence-electron chi connectivity index (χ0n) is 9.63. The van der Waals surface area contributed by atoms with Gasteiger partial charge in [0.2, 0.25) is 0 Å². The molecule has 1 unspecified atom stereocenters. The second-order valence-electron chi connectivity index (χ2n) is 3.91. The minimum atomic E-state index is 0. The molecule has 1 saturated heterocycles. The van der Waals surface area contributed by atoms with Gasteiger partial charge in [0.25, 0.3) is 0 Å². The Labute approximate surface area is 108 Å². The number of nitrogens with one attached hydrogen (secondary N) is 1. The number of oxime groups is 1. The normalized spacial score (nSPS) is 21.2. The van der Waals surface area contributed by atoms with E-state index in [1.54, 1.807) is 0 Å². The van der Waals surface area contributed by atoms with Crippen molar-refractivity contribution in [2.75, 3.05) is 19.6 Å². The van der Waals surface area contributed by atoms with E-state index in [9.17, 15) is 0 Å². The molecule has 1 heterocycles. The summed E-state index contributed by atoms with van der Waals surface area (Å²) >= 11 is 0. The fourth-order valence-corrected chi connectivity index (χ4v) is 1.73. The molecule has 4 nitrogen and oxygen atoms in total. The molecule has 1 aliphatic heterocycles. The Hall–Kier alpha value is -1.10. The predicted molar refractivity (Wildman–Crippen MR) is 71.3 cm³/mol. The van der Waals surface area contributed by atoms with Crippen molar-refractivity contribution in [1.82, 2.24) is 5.32 Å². The molecule has 0 spiro atoms. The van der Waals surface area contributed by atoms with Crippen LogP contribution in [0.3, 0.4) is 0 Å². The lowest BCUT2D eigenvalue weighted by Gasteiger charge is -2.06. The number of nitrogens with two attached hydrogens (primary N) is 1. The van der Waals surface area contributed by atoms with Gasteiger partial charge in [0.15, 0.2) is 0 Å². The van der Waals surface area contributed by atoms with Gasteiger partial charge in [0.1, 0.15) is 6.61 Å². The van der Waals surface area contributed by atoms with Crippen LogP contribution in [0.15, 0.2) is 35.5 Å². The fourth-order valence-electron chi connectivity index (χ4n) is 1.73. The minimum Gasteiger partial charge on any atom is -0.391 e. The summed E-state index contributed by atoms with van der Waals surface area (Å²) in [4.78, 5) is 5.33. The topological polar surface area (TPSA) is 59.6 Å². The molecule has 0 amide bonds. The van der Waals surface area contributed by atoms with Crippen molar-refractivity contribution in [1.29, 1.82) is 0 Å². The van der Waals surface area contributed by atoms with E-state index in [0.717, 1.165) is 24.4 Å². The summed E-state index contributed by atoms with van der Waals surface area (Å²) in [6.45, 7) is 2.84. The van der Waals surface area contributed by atoms with E-state index in [-0.39, 0.29) is 12.4 Å². The van der Waals surface area contributed by atoms with Crippen LogP contribution in [-0.2, 0) is 11.4 Å². The summed E-state index contributed by atoms with van der Waals surface area (Å²) in [5, 5.41) is 7.38. The van der Waals surface area contributed by atoms with E-state index in [0.29, 0.717) is 19.1 Å². The van der Waals surface area contributed by atoms with Crippen molar-refractivity contribution < 1.29 is 4.84 Å². The molecule has 0 aromatic heterocycles. The van der Waals surface area contributed by atoms with Crippen LogP contribution in [0.25, 0.3) is 0 Å². The first-order valence-electron chi connectivity index (χ1n) is 5.53. The van der Waals surface area contributed by atoms with Gasteiger partial charge in [-0.3, -0.25) is 0 Å². The fraction of sp³-hybridized carbons (Fsp3) is 0.417. The zero-order valence-corrected chi connectivity index (χ0v) is 10.5. The lowest BCUT2D eigenvalue weighted by atomic mass is 10.1. The largest absolute Gasteiger partial charge is 0.391 e. The Morgan fingerprint density at radius 2 is 2.12 bits per heavy atom. The Morgan fingerprint density at radius 3 is 2.82 bits per heavy atom.